The molecule has 0 spiro atoms. The number of phenols is 1. The van der Waals surface area contributed by atoms with Gasteiger partial charge in [-0.3, -0.25) is 19.7 Å². The highest BCUT2D eigenvalue weighted by Gasteiger charge is 2.72. The van der Waals surface area contributed by atoms with E-state index in [2.05, 4.69) is 48.4 Å². The summed E-state index contributed by atoms with van der Waals surface area (Å²) < 4.78 is 23.7. The maximum absolute atomic E-state index is 13.8. The van der Waals surface area contributed by atoms with Crippen LogP contribution in [0.15, 0.2) is 100 Å². The molecule has 0 aliphatic carbocycles. The fourth-order valence-corrected chi connectivity index (χ4v) is 10.6. The summed E-state index contributed by atoms with van der Waals surface area (Å²) in [6, 6.07) is 19.2. The fraction of sp³-hybridized carbons (Fsp3) is 0.348. The predicted molar refractivity (Wildman–Crippen MR) is 240 cm³/mol. The van der Waals surface area contributed by atoms with E-state index in [0.29, 0.717) is 12.2 Å². The predicted octanol–water partition coefficient (Wildman–Crippen LogP) is 4.79. The second kappa shape index (κ2) is 19.7. The summed E-state index contributed by atoms with van der Waals surface area (Å²) in [6.45, 7) is 4.21. The quantitative estimate of drug-likeness (QED) is 0.0618. The lowest BCUT2D eigenvalue weighted by molar-refractivity contribution is -0.364. The van der Waals surface area contributed by atoms with Crippen LogP contribution in [-0.2, 0) is 25.5 Å². The number of carbonyl (C=O) groups is 3. The van der Waals surface area contributed by atoms with Gasteiger partial charge in [-0.1, -0.05) is 84.0 Å². The van der Waals surface area contributed by atoms with Gasteiger partial charge in [0.05, 0.1) is 10.9 Å². The standard InChI is InChI=1S/C46H49N3O13S2/c1-3-26-8-4-5-9-27(26)10-6-7-25(2)33-21-49-43(57)46(58)44(62-39(42(55)56)40(53)45(46,23-50)59-24-64-63-22-34(33)29-17-18-48-20-29)60-31-15-16-32-35(19-31)61-38(41(47)54)36(37(32)52)28-11-13-30(51)14-12-28/h4-6,8-20,23,25,33-34,39-40,43-44,48-49,51,53,57-58H,3,7,21-22,24H2,1-2H3,(H2,47,54)(H,55,56)/b10-6+/t25-,33-,34-,39-,40+,43+,44+,45-,46-/m0/s1. The number of aromatic hydroxyl groups is 1. The number of ether oxygens (including phenoxy) is 3. The van der Waals surface area contributed by atoms with Crippen LogP contribution in [0.2, 0.25) is 0 Å². The number of allylic oxidation sites excluding steroid dienone is 1. The third-order valence-electron chi connectivity index (χ3n) is 12.1. The minimum Gasteiger partial charge on any atom is -0.508 e. The number of aliphatic hydroxyl groups excluding tert-OH is 2. The number of aldehydes is 1. The number of aliphatic carboxylic acids is 1. The van der Waals surface area contributed by atoms with Gasteiger partial charge in [0.1, 0.15) is 35.4 Å². The number of benzene rings is 3. The van der Waals surface area contributed by atoms with Crippen molar-refractivity contribution in [3.8, 4) is 22.6 Å². The number of amides is 1. The molecule has 2 saturated heterocycles. The summed E-state index contributed by atoms with van der Waals surface area (Å²) >= 11 is 0. The number of aromatic nitrogens is 1. The second-order valence-electron chi connectivity index (χ2n) is 15.8. The number of rotatable bonds is 12. The average Bonchev–Trinajstić information content (AvgIpc) is 3.82. The van der Waals surface area contributed by atoms with Crippen molar-refractivity contribution >= 4 is 56.8 Å². The molecular weight excluding hydrogens is 867 g/mol. The Kier molecular flexibility index (Phi) is 14.4. The number of hydrogen-bond acceptors (Lipinski definition) is 15. The Labute approximate surface area is 375 Å². The van der Waals surface area contributed by atoms with Crippen LogP contribution in [-0.4, -0.2) is 103 Å². The number of nitrogens with one attached hydrogen (secondary N) is 2. The Balaban J connectivity index is 1.27. The van der Waals surface area contributed by atoms with E-state index in [0.717, 1.165) is 34.4 Å². The van der Waals surface area contributed by atoms with Gasteiger partial charge in [-0.05, 0) is 83.2 Å². The van der Waals surface area contributed by atoms with Crippen molar-refractivity contribution < 1.29 is 58.5 Å². The zero-order chi connectivity index (χ0) is 45.8. The third kappa shape index (κ3) is 8.96. The molecule has 2 aliphatic heterocycles. The number of carboxylic acids is 1. The molecule has 18 heteroatoms. The molecule has 16 nitrogen and oxygen atoms in total. The highest BCUT2D eigenvalue weighted by molar-refractivity contribution is 8.76. The number of aliphatic hydroxyl groups is 3. The first-order valence-electron chi connectivity index (χ1n) is 20.5. The van der Waals surface area contributed by atoms with E-state index >= 15 is 0 Å². The van der Waals surface area contributed by atoms with Gasteiger partial charge in [-0.15, -0.1) is 0 Å². The zero-order valence-corrected chi connectivity index (χ0v) is 36.4. The van der Waals surface area contributed by atoms with Crippen LogP contribution in [0.5, 0.6) is 11.5 Å². The number of H-pyrrole nitrogens is 1. The van der Waals surface area contributed by atoms with E-state index in [1.165, 1.54) is 52.8 Å². The maximum atomic E-state index is 13.8. The van der Waals surface area contributed by atoms with Crippen LogP contribution in [0.1, 0.15) is 53.4 Å². The summed E-state index contributed by atoms with van der Waals surface area (Å²) in [5, 5.41) is 59.7. The molecule has 0 saturated carbocycles. The Morgan fingerprint density at radius 3 is 2.53 bits per heavy atom. The smallest absolute Gasteiger partial charge is 0.335 e. The van der Waals surface area contributed by atoms with E-state index in [9.17, 15) is 44.7 Å². The molecule has 2 aromatic heterocycles. The van der Waals surface area contributed by atoms with Crippen molar-refractivity contribution in [2.45, 2.75) is 68.5 Å². The number of hydrogen-bond donors (Lipinski definition) is 8. The van der Waals surface area contributed by atoms with Gasteiger partial charge < -0.3 is 54.9 Å². The molecule has 7 rings (SSSR count). The molecule has 1 amide bonds. The van der Waals surface area contributed by atoms with Crippen LogP contribution in [0, 0.1) is 11.8 Å². The third-order valence-corrected chi connectivity index (χ3v) is 14.1. The van der Waals surface area contributed by atoms with Crippen molar-refractivity contribution in [2.24, 2.45) is 17.6 Å². The number of phenolic OH excluding ortho intramolecular Hbond substituents is 1. The highest BCUT2D eigenvalue weighted by atomic mass is 33.1. The molecule has 9 N–H and O–H groups in total. The first kappa shape index (κ1) is 46.5. The Morgan fingerprint density at radius 1 is 1.08 bits per heavy atom. The molecule has 2 fully saturated rings. The lowest BCUT2D eigenvalue weighted by atomic mass is 9.72. The molecule has 2 aliphatic rings. The molecule has 64 heavy (non-hydrogen) atoms. The molecule has 0 unspecified atom stereocenters. The maximum Gasteiger partial charge on any atom is 0.335 e. The molecule has 0 radical (unpaired) electrons. The summed E-state index contributed by atoms with van der Waals surface area (Å²) in [6.07, 6.45) is 0.403. The lowest BCUT2D eigenvalue weighted by Gasteiger charge is -2.55. The van der Waals surface area contributed by atoms with Gasteiger partial charge in [-0.25, -0.2) is 4.79 Å². The first-order valence-corrected chi connectivity index (χ1v) is 23.0. The van der Waals surface area contributed by atoms with E-state index in [4.69, 9.17) is 24.4 Å². The number of nitrogens with two attached hydrogens (primary N) is 1. The number of fused-ring (bicyclic) bond motifs is 2. The zero-order valence-electron chi connectivity index (χ0n) is 34.8. The highest BCUT2D eigenvalue weighted by Crippen LogP contribution is 2.46. The van der Waals surface area contributed by atoms with Gasteiger partial charge in [0.25, 0.3) is 5.91 Å². The van der Waals surface area contributed by atoms with E-state index < -0.39 is 59.0 Å². The SMILES string of the molecule is CCc1ccccc1/C=C/C[C@H](C)[C@@H]1CN[C@H](O)[C@]2(O)[C@H](Oc3ccc4c(=O)c(-c5ccc(O)cc5)c(C(N)=O)oc4c3)O[C@H](C(=O)O)[C@@H](O)[C@]2(C=O)OCSSC[C@H]1c1cc[nH]c1. The van der Waals surface area contributed by atoms with E-state index in [1.54, 1.807) is 0 Å². The lowest BCUT2D eigenvalue weighted by Crippen LogP contribution is -2.82. The van der Waals surface area contributed by atoms with Crippen LogP contribution >= 0.6 is 21.6 Å². The van der Waals surface area contributed by atoms with E-state index in [-0.39, 0.29) is 70.1 Å². The largest absolute Gasteiger partial charge is 0.508 e. The topological polar surface area (TPSA) is 264 Å². The molecule has 3 aromatic carbocycles. The average molecular weight is 916 g/mol. The summed E-state index contributed by atoms with van der Waals surface area (Å²) in [4.78, 5) is 55.6. The fourth-order valence-electron chi connectivity index (χ4n) is 8.50. The van der Waals surface area contributed by atoms with Crippen molar-refractivity contribution in [1.82, 2.24) is 10.3 Å². The summed E-state index contributed by atoms with van der Waals surface area (Å²) in [5.74, 6) is -3.87. The van der Waals surface area contributed by atoms with Gasteiger partial charge >= 0.3 is 5.97 Å². The summed E-state index contributed by atoms with van der Waals surface area (Å²) in [5.41, 5.74) is 2.16. The van der Waals surface area contributed by atoms with Gasteiger partial charge in [0.15, 0.2) is 18.0 Å². The molecule has 9 atom stereocenters. The number of aromatic amines is 1. The van der Waals surface area contributed by atoms with Crippen molar-refractivity contribution in [3.63, 3.8) is 0 Å². The minimum atomic E-state index is -3.08. The molecule has 4 heterocycles. The first-order chi connectivity index (χ1) is 30.7. The number of primary amides is 1. The van der Waals surface area contributed by atoms with Gasteiger partial charge in [0.2, 0.25) is 23.1 Å². The van der Waals surface area contributed by atoms with Crippen LogP contribution in [0.3, 0.4) is 0 Å². The summed E-state index contributed by atoms with van der Waals surface area (Å²) in [7, 11) is 2.58. The number of carboxylic acid groups (broad SMARTS) is 1. The number of carbonyl (C=O) groups excluding carboxylic acids is 2. The Hall–Kier alpha value is -5.44. The van der Waals surface area contributed by atoms with Gasteiger partial charge in [-0.2, -0.15) is 0 Å². The number of aryl methyl sites for hydroxylation is 1. The van der Waals surface area contributed by atoms with Crippen LogP contribution in [0.25, 0.3) is 28.2 Å². The van der Waals surface area contributed by atoms with Gasteiger partial charge in [0, 0.05) is 30.8 Å². The molecule has 338 valence electrons. The Bertz CT molecular complexity index is 2550. The molecular formula is C46H49N3O13S2. The molecule has 0 bridgehead atoms. The monoisotopic (exact) mass is 915 g/mol. The van der Waals surface area contributed by atoms with Crippen molar-refractivity contribution in [3.05, 3.63) is 124 Å². The normalized spacial score (nSPS) is 27.2. The Morgan fingerprint density at radius 2 is 1.84 bits per heavy atom. The van der Waals surface area contributed by atoms with E-state index in [1.807, 2.05) is 30.6 Å². The minimum absolute atomic E-state index is 0.0333. The van der Waals surface area contributed by atoms with Crippen LogP contribution in [0.4, 0.5) is 0 Å². The van der Waals surface area contributed by atoms with Crippen molar-refractivity contribution in [2.75, 3.05) is 18.2 Å². The molecule has 5 aromatic rings. The second-order valence-corrected chi connectivity index (χ2v) is 18.2. The van der Waals surface area contributed by atoms with Crippen molar-refractivity contribution in [1.29, 1.82) is 0 Å². The van der Waals surface area contributed by atoms with Crippen LogP contribution < -0.4 is 21.2 Å².